The van der Waals surface area contributed by atoms with Crippen LogP contribution in [0, 0.1) is 5.82 Å². The molecule has 0 spiro atoms. The molecule has 3 N–H and O–H groups in total. The van der Waals surface area contributed by atoms with E-state index in [2.05, 4.69) is 4.72 Å². The van der Waals surface area contributed by atoms with Crippen molar-refractivity contribution in [2.45, 2.75) is 23.8 Å². The van der Waals surface area contributed by atoms with Crippen LogP contribution in [0.2, 0.25) is 0 Å². The minimum atomic E-state index is -3.67. The fourth-order valence-electron chi connectivity index (χ4n) is 2.61. The third kappa shape index (κ3) is 2.77. The zero-order valence-corrected chi connectivity index (χ0v) is 12.0. The molecule has 0 bridgehead atoms. The molecular formula is C15H15FN2O2S. The number of hydrogen-bond acceptors (Lipinski definition) is 3. The van der Waals surface area contributed by atoms with Gasteiger partial charge >= 0.3 is 0 Å². The van der Waals surface area contributed by atoms with E-state index in [0.29, 0.717) is 12.1 Å². The van der Waals surface area contributed by atoms with Crippen LogP contribution in [0.1, 0.15) is 23.6 Å². The molecule has 0 fully saturated rings. The number of sulfonamides is 1. The van der Waals surface area contributed by atoms with Gasteiger partial charge in [0.25, 0.3) is 0 Å². The summed E-state index contributed by atoms with van der Waals surface area (Å²) in [4.78, 5) is 0.0567. The highest BCUT2D eigenvalue weighted by molar-refractivity contribution is 7.89. The summed E-state index contributed by atoms with van der Waals surface area (Å²) in [6.07, 6.45) is 1.51. The van der Waals surface area contributed by atoms with Crippen molar-refractivity contribution in [3.8, 4) is 0 Å². The maximum absolute atomic E-state index is 12.9. The van der Waals surface area contributed by atoms with Crippen molar-refractivity contribution < 1.29 is 12.8 Å². The minimum Gasteiger partial charge on any atom is -0.399 e. The van der Waals surface area contributed by atoms with Crippen LogP contribution in [0.4, 0.5) is 10.1 Å². The topological polar surface area (TPSA) is 72.2 Å². The van der Waals surface area contributed by atoms with Crippen molar-refractivity contribution in [3.05, 3.63) is 59.4 Å². The highest BCUT2D eigenvalue weighted by atomic mass is 32.2. The van der Waals surface area contributed by atoms with Crippen LogP contribution >= 0.6 is 0 Å². The Bertz CT molecular complexity index is 773. The van der Waals surface area contributed by atoms with Crippen LogP contribution in [-0.2, 0) is 16.4 Å². The van der Waals surface area contributed by atoms with Crippen molar-refractivity contribution in [2.75, 3.05) is 5.73 Å². The Morgan fingerprint density at radius 2 is 1.86 bits per heavy atom. The summed E-state index contributed by atoms with van der Waals surface area (Å²) in [6.45, 7) is 0. The van der Waals surface area contributed by atoms with Gasteiger partial charge in [-0.25, -0.2) is 17.5 Å². The molecule has 21 heavy (non-hydrogen) atoms. The predicted molar refractivity (Wildman–Crippen MR) is 78.6 cm³/mol. The molecule has 4 nitrogen and oxygen atoms in total. The second-order valence-corrected chi connectivity index (χ2v) is 6.84. The summed E-state index contributed by atoms with van der Waals surface area (Å²) in [7, 11) is -3.67. The normalized spacial score (nSPS) is 17.7. The third-order valence-electron chi connectivity index (χ3n) is 3.67. The van der Waals surface area contributed by atoms with Gasteiger partial charge in [0, 0.05) is 11.7 Å². The van der Waals surface area contributed by atoms with Gasteiger partial charge in [0.15, 0.2) is 0 Å². The summed E-state index contributed by atoms with van der Waals surface area (Å²) in [6, 6.07) is 10.0. The van der Waals surface area contributed by atoms with Crippen LogP contribution < -0.4 is 10.5 Å². The Balaban J connectivity index is 1.88. The molecule has 1 aliphatic carbocycles. The van der Waals surface area contributed by atoms with Gasteiger partial charge in [-0.2, -0.15) is 0 Å². The average molecular weight is 306 g/mol. The number of halogens is 1. The largest absolute Gasteiger partial charge is 0.399 e. The molecule has 1 atom stereocenters. The Morgan fingerprint density at radius 1 is 1.14 bits per heavy atom. The Labute approximate surface area is 122 Å². The van der Waals surface area contributed by atoms with E-state index in [1.54, 1.807) is 6.07 Å². The van der Waals surface area contributed by atoms with Gasteiger partial charge in [0.1, 0.15) is 5.82 Å². The molecule has 0 radical (unpaired) electrons. The van der Waals surface area contributed by atoms with E-state index < -0.39 is 15.8 Å². The number of rotatable bonds is 3. The summed E-state index contributed by atoms with van der Waals surface area (Å²) in [5.41, 5.74) is 8.40. The predicted octanol–water partition coefficient (Wildman–Crippen LogP) is 2.37. The number of nitrogens with one attached hydrogen (secondary N) is 1. The lowest BCUT2D eigenvalue weighted by Gasteiger charge is -2.15. The molecule has 0 aromatic heterocycles. The summed E-state index contributed by atoms with van der Waals surface area (Å²) < 4.78 is 40.2. The molecule has 1 unspecified atom stereocenters. The highest BCUT2D eigenvalue weighted by Crippen LogP contribution is 2.33. The van der Waals surface area contributed by atoms with Crippen molar-refractivity contribution in [3.63, 3.8) is 0 Å². The molecule has 0 aliphatic heterocycles. The molecular weight excluding hydrogens is 291 g/mol. The number of hydrogen-bond donors (Lipinski definition) is 2. The average Bonchev–Trinajstić information content (AvgIpc) is 2.81. The molecule has 110 valence electrons. The number of anilines is 1. The fraction of sp³-hybridized carbons (Fsp3) is 0.200. The van der Waals surface area contributed by atoms with Crippen LogP contribution in [0.15, 0.2) is 47.4 Å². The SMILES string of the molecule is Nc1ccc2c(c1)C(NS(=O)(=O)c1ccc(F)cc1)CC2. The fourth-order valence-corrected chi connectivity index (χ4v) is 3.86. The van der Waals surface area contributed by atoms with E-state index >= 15 is 0 Å². The van der Waals surface area contributed by atoms with Crippen molar-refractivity contribution in [1.29, 1.82) is 0 Å². The number of nitrogen functional groups attached to an aromatic ring is 1. The molecule has 0 saturated carbocycles. The van der Waals surface area contributed by atoms with Crippen molar-refractivity contribution >= 4 is 15.7 Å². The van der Waals surface area contributed by atoms with Crippen LogP contribution in [0.3, 0.4) is 0 Å². The monoisotopic (exact) mass is 306 g/mol. The molecule has 2 aromatic carbocycles. The van der Waals surface area contributed by atoms with E-state index in [1.807, 2.05) is 12.1 Å². The summed E-state index contributed by atoms with van der Waals surface area (Å²) in [5, 5.41) is 0. The van der Waals surface area contributed by atoms with Crippen LogP contribution in [-0.4, -0.2) is 8.42 Å². The van der Waals surface area contributed by atoms with E-state index in [0.717, 1.165) is 29.7 Å². The lowest BCUT2D eigenvalue weighted by atomic mass is 10.1. The summed E-state index contributed by atoms with van der Waals surface area (Å²) >= 11 is 0. The molecule has 6 heteroatoms. The first-order valence-electron chi connectivity index (χ1n) is 6.62. The standard InChI is InChI=1S/C15H15FN2O2S/c16-11-3-6-13(7-4-11)21(19,20)18-15-8-2-10-1-5-12(17)9-14(10)15/h1,3-7,9,15,18H,2,8,17H2. The van der Waals surface area contributed by atoms with Gasteiger partial charge < -0.3 is 5.73 Å². The number of fused-ring (bicyclic) bond motifs is 1. The van der Waals surface area contributed by atoms with Gasteiger partial charge in [-0.1, -0.05) is 6.07 Å². The van der Waals surface area contributed by atoms with Gasteiger partial charge in [-0.15, -0.1) is 0 Å². The second-order valence-electron chi connectivity index (χ2n) is 5.12. The number of nitrogens with two attached hydrogens (primary N) is 1. The summed E-state index contributed by atoms with van der Waals surface area (Å²) in [5.74, 6) is -0.465. The van der Waals surface area contributed by atoms with Crippen LogP contribution in [0.25, 0.3) is 0 Å². The maximum Gasteiger partial charge on any atom is 0.241 e. The first-order chi connectivity index (χ1) is 9.95. The van der Waals surface area contributed by atoms with Gasteiger partial charge in [-0.3, -0.25) is 0 Å². The van der Waals surface area contributed by atoms with Crippen LogP contribution in [0.5, 0.6) is 0 Å². The van der Waals surface area contributed by atoms with E-state index in [4.69, 9.17) is 5.73 Å². The van der Waals surface area contributed by atoms with E-state index in [9.17, 15) is 12.8 Å². The maximum atomic E-state index is 12.9. The van der Waals surface area contributed by atoms with Gasteiger partial charge in [-0.05, 0) is 60.4 Å². The lowest BCUT2D eigenvalue weighted by molar-refractivity contribution is 0.554. The van der Waals surface area contributed by atoms with E-state index in [-0.39, 0.29) is 10.9 Å². The minimum absolute atomic E-state index is 0.0567. The van der Waals surface area contributed by atoms with Gasteiger partial charge in [0.05, 0.1) is 4.90 Å². The zero-order valence-electron chi connectivity index (χ0n) is 11.2. The third-order valence-corrected chi connectivity index (χ3v) is 5.16. The lowest BCUT2D eigenvalue weighted by Crippen LogP contribution is -2.27. The second kappa shape index (κ2) is 5.13. The molecule has 2 aromatic rings. The first kappa shape index (κ1) is 14.0. The molecule has 3 rings (SSSR count). The smallest absolute Gasteiger partial charge is 0.241 e. The number of benzene rings is 2. The Kier molecular flexibility index (Phi) is 3.43. The number of aryl methyl sites for hydroxylation is 1. The molecule has 0 heterocycles. The highest BCUT2D eigenvalue weighted by Gasteiger charge is 2.27. The molecule has 1 aliphatic rings. The Morgan fingerprint density at radius 3 is 2.57 bits per heavy atom. The Hall–Kier alpha value is -1.92. The first-order valence-corrected chi connectivity index (χ1v) is 8.10. The van der Waals surface area contributed by atoms with Gasteiger partial charge in [0.2, 0.25) is 10.0 Å². The van der Waals surface area contributed by atoms with Crippen molar-refractivity contribution in [2.24, 2.45) is 0 Å². The van der Waals surface area contributed by atoms with Crippen molar-refractivity contribution in [1.82, 2.24) is 4.72 Å². The quantitative estimate of drug-likeness (QED) is 0.855. The molecule has 0 saturated heterocycles. The van der Waals surface area contributed by atoms with E-state index in [1.165, 1.54) is 12.1 Å². The zero-order chi connectivity index (χ0) is 15.0. The molecule has 0 amide bonds.